The van der Waals surface area contributed by atoms with Crippen LogP contribution in [0.1, 0.15) is 11.1 Å². The van der Waals surface area contributed by atoms with Crippen LogP contribution >= 0.6 is 0 Å². The van der Waals surface area contributed by atoms with Crippen LogP contribution in [0.5, 0.6) is 0 Å². The number of guanidine groups is 1. The van der Waals surface area contributed by atoms with Gasteiger partial charge in [0.25, 0.3) is 0 Å². The number of benzene rings is 2. The summed E-state index contributed by atoms with van der Waals surface area (Å²) in [6.45, 7) is 0. The lowest BCUT2D eigenvalue weighted by Gasteiger charge is -1.94. The summed E-state index contributed by atoms with van der Waals surface area (Å²) >= 11 is 0. The van der Waals surface area contributed by atoms with Gasteiger partial charge >= 0.3 is 0 Å². The Bertz CT molecular complexity index is 623. The molecule has 0 spiro atoms. The van der Waals surface area contributed by atoms with Crippen LogP contribution in [0.2, 0.25) is 0 Å². The smallest absolute Gasteiger partial charge is 0.191 e. The van der Waals surface area contributed by atoms with Gasteiger partial charge in [0.15, 0.2) is 5.96 Å². The molecule has 20 heavy (non-hydrogen) atoms. The van der Waals surface area contributed by atoms with Gasteiger partial charge in [-0.2, -0.15) is 0 Å². The van der Waals surface area contributed by atoms with Crippen molar-refractivity contribution in [3.63, 3.8) is 0 Å². The fourth-order valence-corrected chi connectivity index (χ4v) is 1.89. The molecule has 1 aliphatic rings. The number of aliphatic imine (C=N–C) groups is 1. The van der Waals surface area contributed by atoms with Crippen LogP contribution in [-0.2, 0) is 6.42 Å². The fourth-order valence-electron chi connectivity index (χ4n) is 1.89. The maximum absolute atomic E-state index is 5.45. The van der Waals surface area contributed by atoms with Gasteiger partial charge in [-0.1, -0.05) is 36.4 Å². The monoisotopic (exact) mass is 266 g/mol. The molecule has 0 saturated heterocycles. The second-order valence-corrected chi connectivity index (χ2v) is 4.43. The lowest BCUT2D eigenvalue weighted by Crippen LogP contribution is -2.21. The molecule has 6 N–H and O–H groups in total. The molecule has 102 valence electrons. The Labute approximate surface area is 118 Å². The van der Waals surface area contributed by atoms with Crippen LogP contribution in [0.25, 0.3) is 6.08 Å². The Kier molecular flexibility index (Phi) is 4.39. The summed E-state index contributed by atoms with van der Waals surface area (Å²) in [5.74, 6) is 0.0507. The molecule has 0 radical (unpaired) electrons. The van der Waals surface area contributed by atoms with Crippen molar-refractivity contribution < 1.29 is 0 Å². The molecule has 1 aliphatic carbocycles. The van der Waals surface area contributed by atoms with Crippen LogP contribution in [0.4, 0.5) is 11.4 Å². The third kappa shape index (κ3) is 3.88. The van der Waals surface area contributed by atoms with E-state index >= 15 is 0 Å². The van der Waals surface area contributed by atoms with E-state index in [9.17, 15) is 0 Å². The van der Waals surface area contributed by atoms with E-state index in [2.05, 4.69) is 41.4 Å². The molecular weight excluding hydrogens is 248 g/mol. The average Bonchev–Trinajstić information content (AvgIpc) is 2.90. The largest absolute Gasteiger partial charge is 0.399 e. The van der Waals surface area contributed by atoms with E-state index in [1.807, 2.05) is 0 Å². The van der Waals surface area contributed by atoms with Gasteiger partial charge in [0.1, 0.15) is 0 Å². The molecule has 0 aliphatic heterocycles. The molecule has 0 saturated carbocycles. The Balaban J connectivity index is 0.000000149. The first-order valence-electron chi connectivity index (χ1n) is 6.35. The summed E-state index contributed by atoms with van der Waals surface area (Å²) in [7, 11) is 0. The van der Waals surface area contributed by atoms with Gasteiger partial charge in [-0.3, -0.25) is 0 Å². The fraction of sp³-hybridized carbons (Fsp3) is 0.0625. The predicted octanol–water partition coefficient (Wildman–Crippen LogP) is 2.43. The van der Waals surface area contributed by atoms with Crippen molar-refractivity contribution in [1.29, 1.82) is 0 Å². The minimum atomic E-state index is 0.0507. The first kappa shape index (κ1) is 13.7. The van der Waals surface area contributed by atoms with E-state index in [-0.39, 0.29) is 5.96 Å². The predicted molar refractivity (Wildman–Crippen MR) is 85.5 cm³/mol. The molecule has 0 heterocycles. The highest BCUT2D eigenvalue weighted by Crippen LogP contribution is 2.17. The van der Waals surface area contributed by atoms with Crippen LogP contribution in [0, 0.1) is 0 Å². The van der Waals surface area contributed by atoms with Crippen molar-refractivity contribution in [2.45, 2.75) is 6.42 Å². The Morgan fingerprint density at radius 1 is 0.950 bits per heavy atom. The van der Waals surface area contributed by atoms with E-state index < -0.39 is 0 Å². The second kappa shape index (κ2) is 6.43. The van der Waals surface area contributed by atoms with E-state index in [4.69, 9.17) is 17.2 Å². The number of hydrogen-bond donors (Lipinski definition) is 3. The van der Waals surface area contributed by atoms with Gasteiger partial charge in [-0.05, 0) is 41.8 Å². The molecule has 0 fully saturated rings. The van der Waals surface area contributed by atoms with Gasteiger partial charge in [0.05, 0.1) is 5.69 Å². The van der Waals surface area contributed by atoms with Crippen LogP contribution in [0.3, 0.4) is 0 Å². The summed E-state index contributed by atoms with van der Waals surface area (Å²) < 4.78 is 0. The number of fused-ring (bicyclic) bond motifs is 1. The van der Waals surface area contributed by atoms with E-state index in [1.165, 1.54) is 11.1 Å². The number of allylic oxidation sites excluding steroid dienone is 1. The average molecular weight is 266 g/mol. The molecular formula is C16H18N4. The summed E-state index contributed by atoms with van der Waals surface area (Å²) in [6, 6.07) is 15.5. The quantitative estimate of drug-likeness (QED) is 0.420. The van der Waals surface area contributed by atoms with E-state index in [1.54, 1.807) is 24.3 Å². The lowest BCUT2D eigenvalue weighted by molar-refractivity contribution is 1.31. The minimum Gasteiger partial charge on any atom is -0.399 e. The second-order valence-electron chi connectivity index (χ2n) is 4.43. The SMILES string of the molecule is C1=Cc2ccccc2C1.NC(N)=Nc1ccc(N)cc1. The number of nitrogen functional groups attached to an aromatic ring is 1. The van der Waals surface area contributed by atoms with Crippen molar-refractivity contribution in [2.75, 3.05) is 5.73 Å². The first-order valence-corrected chi connectivity index (χ1v) is 6.35. The van der Waals surface area contributed by atoms with Gasteiger partial charge in [-0.15, -0.1) is 0 Å². The maximum Gasteiger partial charge on any atom is 0.191 e. The molecule has 2 aromatic rings. The zero-order valence-electron chi connectivity index (χ0n) is 11.2. The molecule has 0 aromatic heterocycles. The minimum absolute atomic E-state index is 0.0507. The highest BCUT2D eigenvalue weighted by molar-refractivity contribution is 5.79. The van der Waals surface area contributed by atoms with E-state index in [0.29, 0.717) is 11.4 Å². The highest BCUT2D eigenvalue weighted by Gasteiger charge is 2.00. The number of nitrogens with zero attached hydrogens (tertiary/aromatic N) is 1. The molecule has 0 amide bonds. The molecule has 4 nitrogen and oxygen atoms in total. The molecule has 0 bridgehead atoms. The summed E-state index contributed by atoms with van der Waals surface area (Å²) in [4.78, 5) is 3.82. The normalized spacial score (nSPS) is 11.2. The summed E-state index contributed by atoms with van der Waals surface area (Å²) in [5.41, 5.74) is 20.0. The molecule has 4 heteroatoms. The van der Waals surface area contributed by atoms with E-state index in [0.717, 1.165) is 6.42 Å². The summed E-state index contributed by atoms with van der Waals surface area (Å²) in [5, 5.41) is 0. The van der Waals surface area contributed by atoms with Gasteiger partial charge in [0.2, 0.25) is 0 Å². The van der Waals surface area contributed by atoms with Crippen LogP contribution in [0.15, 0.2) is 59.6 Å². The summed E-state index contributed by atoms with van der Waals surface area (Å²) in [6.07, 6.45) is 5.50. The molecule has 2 aromatic carbocycles. The molecule has 0 atom stereocenters. The van der Waals surface area contributed by atoms with Crippen LogP contribution < -0.4 is 17.2 Å². The first-order chi connectivity index (χ1) is 9.65. The topological polar surface area (TPSA) is 90.4 Å². The molecule has 0 unspecified atom stereocenters. The molecule has 3 rings (SSSR count). The zero-order valence-corrected chi connectivity index (χ0v) is 11.2. The third-order valence-electron chi connectivity index (χ3n) is 2.84. The van der Waals surface area contributed by atoms with Crippen molar-refractivity contribution in [3.05, 3.63) is 65.7 Å². The zero-order chi connectivity index (χ0) is 14.4. The number of hydrogen-bond acceptors (Lipinski definition) is 2. The number of anilines is 1. The number of nitrogens with two attached hydrogens (primary N) is 3. The van der Waals surface area contributed by atoms with Crippen molar-refractivity contribution in [1.82, 2.24) is 0 Å². The lowest BCUT2D eigenvalue weighted by atomic mass is 10.1. The Morgan fingerprint density at radius 2 is 1.65 bits per heavy atom. The van der Waals surface area contributed by atoms with Crippen molar-refractivity contribution >= 4 is 23.4 Å². The Hall–Kier alpha value is -2.75. The maximum atomic E-state index is 5.45. The van der Waals surface area contributed by atoms with Crippen molar-refractivity contribution in [2.24, 2.45) is 16.5 Å². The highest BCUT2D eigenvalue weighted by atomic mass is 15.0. The number of rotatable bonds is 1. The third-order valence-corrected chi connectivity index (χ3v) is 2.84. The van der Waals surface area contributed by atoms with Crippen LogP contribution in [-0.4, -0.2) is 5.96 Å². The van der Waals surface area contributed by atoms with Crippen molar-refractivity contribution in [3.8, 4) is 0 Å². The standard InChI is InChI=1S/C9H8.C7H10N4/c1-2-5-9-7-3-6-8(9)4-1;8-5-1-3-6(4-2-5)11-7(9)10/h1-6H,7H2;1-4H,8H2,(H4,9,10,11). The van der Waals surface area contributed by atoms with Gasteiger partial charge in [-0.25, -0.2) is 4.99 Å². The van der Waals surface area contributed by atoms with Gasteiger partial charge < -0.3 is 17.2 Å². The Morgan fingerprint density at radius 3 is 2.30 bits per heavy atom. The van der Waals surface area contributed by atoms with Gasteiger partial charge in [0, 0.05) is 5.69 Å².